The molecule has 194 valence electrons. The van der Waals surface area contributed by atoms with Crippen LogP contribution < -0.4 is 0 Å². The number of carboxylic acid groups (broad SMARTS) is 1. The lowest BCUT2D eigenvalue weighted by atomic mass is 9.93. The summed E-state index contributed by atoms with van der Waals surface area (Å²) < 4.78 is 5.74. The van der Waals surface area contributed by atoms with Crippen LogP contribution in [0.15, 0.2) is 83.4 Å². The van der Waals surface area contributed by atoms with Crippen LogP contribution in [0.5, 0.6) is 0 Å². The van der Waals surface area contributed by atoms with Crippen LogP contribution in [-0.2, 0) is 16.6 Å². The van der Waals surface area contributed by atoms with Crippen LogP contribution in [0.3, 0.4) is 0 Å². The Labute approximate surface area is 225 Å². The molecule has 0 saturated heterocycles. The molecule has 0 aliphatic heterocycles. The maximum atomic E-state index is 11.6. The summed E-state index contributed by atoms with van der Waals surface area (Å²) in [6, 6.07) is 25.1. The standard InChI is InChI=1S/C34H35NO3/c1-22(2)26-8-6-25(7-9-26)21-23(3)5-18-31-24(4)35-38-32(31)29-12-10-27(11-13-29)28-14-16-30(17-15-28)34(19-20-34)33(36)37/h5-18,22-23H,19-21H2,1-4H3,(H,36,37). The fraction of sp³-hybridized carbons (Fsp3) is 0.294. The molecule has 4 heteroatoms. The summed E-state index contributed by atoms with van der Waals surface area (Å²) in [4.78, 5) is 11.6. The largest absolute Gasteiger partial charge is 0.481 e. The van der Waals surface area contributed by atoms with Crippen LogP contribution >= 0.6 is 0 Å². The van der Waals surface area contributed by atoms with Gasteiger partial charge in [0.05, 0.1) is 11.1 Å². The second-order valence-corrected chi connectivity index (χ2v) is 11.0. The number of aryl methyl sites for hydroxylation is 1. The molecule has 1 N–H and O–H groups in total. The highest BCUT2D eigenvalue weighted by atomic mass is 16.5. The van der Waals surface area contributed by atoms with Gasteiger partial charge < -0.3 is 9.63 Å². The lowest BCUT2D eigenvalue weighted by Crippen LogP contribution is -2.19. The number of nitrogens with zero attached hydrogens (tertiary/aromatic N) is 1. The maximum Gasteiger partial charge on any atom is 0.314 e. The highest BCUT2D eigenvalue weighted by Crippen LogP contribution is 2.48. The minimum atomic E-state index is -0.725. The van der Waals surface area contributed by atoms with Crippen molar-refractivity contribution in [3.8, 4) is 22.5 Å². The smallest absolute Gasteiger partial charge is 0.314 e. The number of benzene rings is 3. The fourth-order valence-electron chi connectivity index (χ4n) is 5.07. The number of carbonyl (C=O) groups is 1. The molecule has 1 unspecified atom stereocenters. The zero-order valence-electron chi connectivity index (χ0n) is 22.6. The van der Waals surface area contributed by atoms with Crippen molar-refractivity contribution in [3.63, 3.8) is 0 Å². The molecule has 0 bridgehead atoms. The molecule has 1 aromatic heterocycles. The summed E-state index contributed by atoms with van der Waals surface area (Å²) in [5, 5.41) is 13.8. The van der Waals surface area contributed by atoms with Crippen LogP contribution in [0.25, 0.3) is 28.5 Å². The Bertz CT molecular complexity index is 1440. The molecule has 38 heavy (non-hydrogen) atoms. The van der Waals surface area contributed by atoms with Crippen LogP contribution in [0.2, 0.25) is 0 Å². The lowest BCUT2D eigenvalue weighted by Gasteiger charge is -2.11. The zero-order chi connectivity index (χ0) is 26.9. The monoisotopic (exact) mass is 505 g/mol. The molecule has 4 aromatic rings. The molecule has 1 aliphatic rings. The van der Waals surface area contributed by atoms with Crippen LogP contribution in [0.4, 0.5) is 0 Å². The minimum Gasteiger partial charge on any atom is -0.481 e. The van der Waals surface area contributed by atoms with Gasteiger partial charge in [-0.3, -0.25) is 4.79 Å². The molecule has 1 fully saturated rings. The predicted octanol–water partition coefficient (Wildman–Crippen LogP) is 8.45. The third-order valence-corrected chi connectivity index (χ3v) is 7.78. The maximum absolute atomic E-state index is 11.6. The first-order valence-electron chi connectivity index (χ1n) is 13.4. The van der Waals surface area contributed by atoms with Crippen molar-refractivity contribution in [1.82, 2.24) is 5.16 Å². The number of hydrogen-bond donors (Lipinski definition) is 1. The molecule has 3 aromatic carbocycles. The van der Waals surface area contributed by atoms with E-state index in [0.717, 1.165) is 45.7 Å². The van der Waals surface area contributed by atoms with E-state index in [0.29, 0.717) is 24.7 Å². The number of carboxylic acids is 1. The third-order valence-electron chi connectivity index (χ3n) is 7.78. The number of allylic oxidation sites excluding steroid dienone is 1. The van der Waals surface area contributed by atoms with E-state index in [1.54, 1.807) is 0 Å². The molecule has 1 saturated carbocycles. The average Bonchev–Trinajstić information content (AvgIpc) is 3.66. The number of hydrogen-bond acceptors (Lipinski definition) is 3. The first-order valence-corrected chi connectivity index (χ1v) is 13.4. The van der Waals surface area contributed by atoms with E-state index < -0.39 is 11.4 Å². The molecule has 1 heterocycles. The van der Waals surface area contributed by atoms with Gasteiger partial charge in [-0.05, 0) is 65.8 Å². The molecule has 0 amide bonds. The predicted molar refractivity (Wildman–Crippen MR) is 153 cm³/mol. The van der Waals surface area contributed by atoms with E-state index in [1.807, 2.05) is 31.2 Å². The van der Waals surface area contributed by atoms with E-state index in [9.17, 15) is 9.90 Å². The van der Waals surface area contributed by atoms with Crippen molar-refractivity contribution in [2.75, 3.05) is 0 Å². The van der Waals surface area contributed by atoms with Crippen molar-refractivity contribution in [2.24, 2.45) is 5.92 Å². The fourth-order valence-corrected chi connectivity index (χ4v) is 5.07. The Morgan fingerprint density at radius 1 is 0.921 bits per heavy atom. The Kier molecular flexibility index (Phi) is 7.07. The Balaban J connectivity index is 1.29. The topological polar surface area (TPSA) is 63.3 Å². The highest BCUT2D eigenvalue weighted by molar-refractivity contribution is 5.85. The van der Waals surface area contributed by atoms with Gasteiger partial charge >= 0.3 is 5.97 Å². The summed E-state index contributed by atoms with van der Waals surface area (Å²) in [5.41, 5.74) is 7.92. The van der Waals surface area contributed by atoms with Crippen molar-refractivity contribution in [2.45, 2.75) is 58.3 Å². The second-order valence-electron chi connectivity index (χ2n) is 11.0. The molecule has 0 spiro atoms. The number of aromatic nitrogens is 1. The molecule has 4 nitrogen and oxygen atoms in total. The van der Waals surface area contributed by atoms with Crippen LogP contribution in [0, 0.1) is 12.8 Å². The van der Waals surface area contributed by atoms with Crippen LogP contribution in [-0.4, -0.2) is 16.2 Å². The molecular weight excluding hydrogens is 470 g/mol. The number of aliphatic carboxylic acids is 1. The van der Waals surface area contributed by atoms with E-state index >= 15 is 0 Å². The zero-order valence-corrected chi connectivity index (χ0v) is 22.6. The minimum absolute atomic E-state index is 0.378. The van der Waals surface area contributed by atoms with Gasteiger partial charge in [-0.1, -0.05) is 111 Å². The second kappa shape index (κ2) is 10.4. The summed E-state index contributed by atoms with van der Waals surface area (Å²) in [7, 11) is 0. The first-order chi connectivity index (χ1) is 18.3. The summed E-state index contributed by atoms with van der Waals surface area (Å²) in [5.74, 6) is 0.968. The average molecular weight is 506 g/mol. The molecule has 5 rings (SSSR count). The van der Waals surface area contributed by atoms with Crippen molar-refractivity contribution in [3.05, 3.63) is 107 Å². The van der Waals surface area contributed by atoms with E-state index in [1.165, 1.54) is 11.1 Å². The molecule has 0 radical (unpaired) electrons. The van der Waals surface area contributed by atoms with Gasteiger partial charge in [0, 0.05) is 11.1 Å². The summed E-state index contributed by atoms with van der Waals surface area (Å²) >= 11 is 0. The van der Waals surface area contributed by atoms with E-state index in [4.69, 9.17) is 4.52 Å². The van der Waals surface area contributed by atoms with Crippen LogP contribution in [0.1, 0.15) is 67.5 Å². The van der Waals surface area contributed by atoms with E-state index in [2.05, 4.69) is 86.6 Å². The van der Waals surface area contributed by atoms with Crippen molar-refractivity contribution in [1.29, 1.82) is 0 Å². The van der Waals surface area contributed by atoms with Gasteiger partial charge in [-0.25, -0.2) is 0 Å². The van der Waals surface area contributed by atoms with Gasteiger partial charge in [0.2, 0.25) is 0 Å². The first kappa shape index (κ1) is 25.7. The Morgan fingerprint density at radius 3 is 2.05 bits per heavy atom. The summed E-state index contributed by atoms with van der Waals surface area (Å²) in [6.45, 7) is 8.64. The highest BCUT2D eigenvalue weighted by Gasteiger charge is 2.51. The van der Waals surface area contributed by atoms with Crippen molar-refractivity contribution >= 4 is 12.0 Å². The Hall–Kier alpha value is -3.92. The number of rotatable bonds is 9. The van der Waals surface area contributed by atoms with Gasteiger partial charge in [0.25, 0.3) is 0 Å². The third kappa shape index (κ3) is 5.22. The normalized spacial score (nSPS) is 15.2. The van der Waals surface area contributed by atoms with Gasteiger partial charge in [-0.15, -0.1) is 0 Å². The summed E-state index contributed by atoms with van der Waals surface area (Å²) in [6.07, 6.45) is 6.79. The van der Waals surface area contributed by atoms with Gasteiger partial charge in [-0.2, -0.15) is 0 Å². The molecule has 1 aliphatic carbocycles. The van der Waals surface area contributed by atoms with E-state index in [-0.39, 0.29) is 0 Å². The molecular formula is C34H35NO3. The quantitative estimate of drug-likeness (QED) is 0.248. The van der Waals surface area contributed by atoms with Gasteiger partial charge in [0.1, 0.15) is 0 Å². The van der Waals surface area contributed by atoms with Gasteiger partial charge in [0.15, 0.2) is 5.76 Å². The SMILES string of the molecule is Cc1noc(-c2ccc(-c3ccc(C4(C(=O)O)CC4)cc3)cc2)c1C=CC(C)Cc1ccc(C(C)C)cc1. The lowest BCUT2D eigenvalue weighted by molar-refractivity contribution is -0.140. The Morgan fingerprint density at radius 2 is 1.50 bits per heavy atom. The molecule has 1 atom stereocenters. The van der Waals surface area contributed by atoms with Crippen molar-refractivity contribution < 1.29 is 14.4 Å².